The number of carbonyl (C=O) groups excluding carboxylic acids is 1. The molecule has 3 nitrogen and oxygen atoms in total. The molecule has 1 fully saturated rings. The fraction of sp³-hybridized carbons (Fsp3) is 0.533. The Morgan fingerprint density at radius 3 is 2.22 bits per heavy atom. The molecule has 0 aliphatic carbocycles. The molecule has 0 spiro atoms. The highest BCUT2D eigenvalue weighted by molar-refractivity contribution is 5.87. The molecule has 3 unspecified atom stereocenters. The minimum Gasteiger partial charge on any atom is -0.340 e. The first-order valence-corrected chi connectivity index (χ1v) is 6.56. The molecule has 2 N–H and O–H groups in total. The first-order valence-electron chi connectivity index (χ1n) is 6.56. The van der Waals surface area contributed by atoms with E-state index < -0.39 is 5.54 Å². The number of nitrogens with two attached hydrogens (primary N) is 1. The Hall–Kier alpha value is -1.35. The molecule has 1 saturated heterocycles. The summed E-state index contributed by atoms with van der Waals surface area (Å²) >= 11 is 0. The summed E-state index contributed by atoms with van der Waals surface area (Å²) in [5.41, 5.74) is 6.21. The fourth-order valence-corrected chi connectivity index (χ4v) is 2.53. The van der Waals surface area contributed by atoms with E-state index in [0.717, 1.165) is 18.7 Å². The maximum Gasteiger partial charge on any atom is 0.246 e. The summed E-state index contributed by atoms with van der Waals surface area (Å²) in [6, 6.07) is 9.61. The zero-order valence-electron chi connectivity index (χ0n) is 11.4. The number of hydrogen-bond acceptors (Lipinski definition) is 2. The van der Waals surface area contributed by atoms with Crippen molar-refractivity contribution in [3.05, 3.63) is 35.9 Å². The maximum absolute atomic E-state index is 12.6. The molecule has 98 valence electrons. The first-order chi connectivity index (χ1) is 8.43. The van der Waals surface area contributed by atoms with E-state index in [0.29, 0.717) is 11.8 Å². The van der Waals surface area contributed by atoms with Crippen LogP contribution in [0.25, 0.3) is 0 Å². The van der Waals surface area contributed by atoms with Crippen molar-refractivity contribution in [1.29, 1.82) is 0 Å². The molecule has 0 radical (unpaired) electrons. The van der Waals surface area contributed by atoms with Crippen LogP contribution in [0.2, 0.25) is 0 Å². The normalized spacial score (nSPS) is 27.0. The third-order valence-electron chi connectivity index (χ3n) is 4.09. The van der Waals surface area contributed by atoms with Gasteiger partial charge in [0.2, 0.25) is 5.91 Å². The third-order valence-corrected chi connectivity index (χ3v) is 4.09. The van der Waals surface area contributed by atoms with Crippen molar-refractivity contribution in [2.75, 3.05) is 13.1 Å². The van der Waals surface area contributed by atoms with Gasteiger partial charge < -0.3 is 10.6 Å². The Kier molecular flexibility index (Phi) is 3.44. The third kappa shape index (κ3) is 2.27. The predicted octanol–water partition coefficient (Wildman–Crippen LogP) is 1.97. The van der Waals surface area contributed by atoms with Crippen LogP contribution >= 0.6 is 0 Å². The molecule has 2 rings (SSSR count). The van der Waals surface area contributed by atoms with Gasteiger partial charge in [-0.05, 0) is 24.3 Å². The van der Waals surface area contributed by atoms with Gasteiger partial charge in [-0.15, -0.1) is 0 Å². The van der Waals surface area contributed by atoms with Crippen molar-refractivity contribution < 1.29 is 4.79 Å². The Morgan fingerprint density at radius 2 is 1.72 bits per heavy atom. The molecule has 0 saturated carbocycles. The Morgan fingerprint density at radius 1 is 1.22 bits per heavy atom. The summed E-state index contributed by atoms with van der Waals surface area (Å²) in [6.07, 6.45) is 0. The van der Waals surface area contributed by atoms with Gasteiger partial charge in [0, 0.05) is 13.1 Å². The molecule has 3 heteroatoms. The molecule has 1 aliphatic heterocycles. The average molecular weight is 246 g/mol. The van der Waals surface area contributed by atoms with E-state index in [1.54, 1.807) is 6.92 Å². The van der Waals surface area contributed by atoms with Crippen LogP contribution in [0, 0.1) is 11.8 Å². The lowest BCUT2D eigenvalue weighted by atomic mass is 9.92. The molecule has 1 aromatic carbocycles. The van der Waals surface area contributed by atoms with Crippen LogP contribution in [0.4, 0.5) is 0 Å². The van der Waals surface area contributed by atoms with Gasteiger partial charge in [-0.25, -0.2) is 0 Å². The number of amides is 1. The topological polar surface area (TPSA) is 46.3 Å². The van der Waals surface area contributed by atoms with Crippen LogP contribution in [0.5, 0.6) is 0 Å². The van der Waals surface area contributed by atoms with E-state index in [1.807, 2.05) is 35.2 Å². The van der Waals surface area contributed by atoms with Gasteiger partial charge in [-0.2, -0.15) is 0 Å². The summed E-state index contributed by atoms with van der Waals surface area (Å²) in [7, 11) is 0. The van der Waals surface area contributed by atoms with Crippen molar-refractivity contribution in [3.63, 3.8) is 0 Å². The van der Waals surface area contributed by atoms with Gasteiger partial charge in [0.1, 0.15) is 5.54 Å². The number of carbonyl (C=O) groups is 1. The Balaban J connectivity index is 2.18. The number of hydrogen-bond donors (Lipinski definition) is 1. The van der Waals surface area contributed by atoms with Gasteiger partial charge in [0.15, 0.2) is 0 Å². The average Bonchev–Trinajstić information content (AvgIpc) is 2.69. The summed E-state index contributed by atoms with van der Waals surface area (Å²) < 4.78 is 0. The van der Waals surface area contributed by atoms with Crippen LogP contribution in [0.1, 0.15) is 26.3 Å². The monoisotopic (exact) mass is 246 g/mol. The van der Waals surface area contributed by atoms with Gasteiger partial charge in [-0.1, -0.05) is 44.2 Å². The van der Waals surface area contributed by atoms with Crippen LogP contribution in [0.3, 0.4) is 0 Å². The molecular formula is C15H22N2O. The minimum absolute atomic E-state index is 0.0323. The van der Waals surface area contributed by atoms with Crippen LogP contribution in [0.15, 0.2) is 30.3 Å². The SMILES string of the molecule is CC1CN(C(=O)C(C)(N)c2ccccc2)CC1C. The van der Waals surface area contributed by atoms with Gasteiger partial charge in [0.05, 0.1) is 0 Å². The van der Waals surface area contributed by atoms with Crippen molar-refractivity contribution in [1.82, 2.24) is 4.90 Å². The van der Waals surface area contributed by atoms with Gasteiger partial charge in [-0.3, -0.25) is 4.79 Å². The summed E-state index contributed by atoms with van der Waals surface area (Å²) in [4.78, 5) is 14.5. The van der Waals surface area contributed by atoms with Crippen LogP contribution in [-0.4, -0.2) is 23.9 Å². The number of rotatable bonds is 2. The second kappa shape index (κ2) is 4.73. The number of nitrogens with zero attached hydrogens (tertiary/aromatic N) is 1. The highest BCUT2D eigenvalue weighted by Crippen LogP contribution is 2.27. The number of benzene rings is 1. The molecule has 18 heavy (non-hydrogen) atoms. The van der Waals surface area contributed by atoms with Crippen LogP contribution in [-0.2, 0) is 10.3 Å². The molecule has 0 bridgehead atoms. The molecule has 3 atom stereocenters. The van der Waals surface area contributed by atoms with E-state index in [4.69, 9.17) is 5.73 Å². The molecule has 1 heterocycles. The van der Waals surface area contributed by atoms with E-state index in [9.17, 15) is 4.79 Å². The predicted molar refractivity (Wildman–Crippen MR) is 72.9 cm³/mol. The highest BCUT2D eigenvalue weighted by Gasteiger charge is 2.38. The van der Waals surface area contributed by atoms with Crippen molar-refractivity contribution in [3.8, 4) is 0 Å². The smallest absolute Gasteiger partial charge is 0.246 e. The van der Waals surface area contributed by atoms with E-state index in [-0.39, 0.29) is 5.91 Å². The van der Waals surface area contributed by atoms with Gasteiger partial charge >= 0.3 is 0 Å². The lowest BCUT2D eigenvalue weighted by Crippen LogP contribution is -2.50. The Labute approximate surface area is 109 Å². The lowest BCUT2D eigenvalue weighted by molar-refractivity contribution is -0.135. The molecule has 1 aromatic rings. The second-order valence-electron chi connectivity index (χ2n) is 5.73. The van der Waals surface area contributed by atoms with E-state index in [2.05, 4.69) is 13.8 Å². The van der Waals surface area contributed by atoms with E-state index >= 15 is 0 Å². The fourth-order valence-electron chi connectivity index (χ4n) is 2.53. The van der Waals surface area contributed by atoms with Crippen molar-refractivity contribution in [2.24, 2.45) is 17.6 Å². The minimum atomic E-state index is -0.926. The molecule has 0 aromatic heterocycles. The van der Waals surface area contributed by atoms with Gasteiger partial charge in [0.25, 0.3) is 0 Å². The van der Waals surface area contributed by atoms with Crippen molar-refractivity contribution >= 4 is 5.91 Å². The molecule has 1 aliphatic rings. The zero-order valence-corrected chi connectivity index (χ0v) is 11.4. The summed E-state index contributed by atoms with van der Waals surface area (Å²) in [6.45, 7) is 7.82. The molecule has 1 amide bonds. The molecular weight excluding hydrogens is 224 g/mol. The highest BCUT2D eigenvalue weighted by atomic mass is 16.2. The summed E-state index contributed by atoms with van der Waals surface area (Å²) in [5, 5.41) is 0. The standard InChI is InChI=1S/C15H22N2O/c1-11-9-17(10-12(11)2)14(18)15(3,16)13-7-5-4-6-8-13/h4-8,11-12H,9-10,16H2,1-3H3. The van der Waals surface area contributed by atoms with Crippen LogP contribution < -0.4 is 5.73 Å². The lowest BCUT2D eigenvalue weighted by Gasteiger charge is -2.29. The zero-order chi connectivity index (χ0) is 13.3. The maximum atomic E-state index is 12.6. The van der Waals surface area contributed by atoms with Crippen molar-refractivity contribution in [2.45, 2.75) is 26.3 Å². The first kappa shape index (κ1) is 13.1. The number of likely N-dealkylation sites (tertiary alicyclic amines) is 1. The summed E-state index contributed by atoms with van der Waals surface area (Å²) in [5.74, 6) is 1.14. The largest absolute Gasteiger partial charge is 0.340 e. The second-order valence-corrected chi connectivity index (χ2v) is 5.73. The van der Waals surface area contributed by atoms with E-state index in [1.165, 1.54) is 0 Å². The Bertz CT molecular complexity index is 417. The quantitative estimate of drug-likeness (QED) is 0.867.